The quantitative estimate of drug-likeness (QED) is 0.590. The number of aromatic nitrogens is 3. The van der Waals surface area contributed by atoms with Gasteiger partial charge in [-0.2, -0.15) is 4.98 Å². The molecule has 0 aliphatic carbocycles. The van der Waals surface area contributed by atoms with Gasteiger partial charge in [-0.1, -0.05) is 32.0 Å². The Morgan fingerprint density at radius 3 is 2.52 bits per heavy atom. The van der Waals surface area contributed by atoms with Crippen LogP contribution in [0.15, 0.2) is 53.2 Å². The maximum absolute atomic E-state index is 13.3. The SMILES string of the molecule is CC(C)(C)c1noc(CCCC(=O)N(Cc2ccccn2)c2ccc(F)cc2)n1. The van der Waals surface area contributed by atoms with E-state index in [0.29, 0.717) is 43.2 Å². The number of benzene rings is 1. The molecule has 3 rings (SSSR count). The molecule has 2 heterocycles. The van der Waals surface area contributed by atoms with Crippen molar-refractivity contribution in [3.63, 3.8) is 0 Å². The molecule has 0 radical (unpaired) electrons. The first kappa shape index (κ1) is 20.6. The summed E-state index contributed by atoms with van der Waals surface area (Å²) in [5, 5.41) is 4.01. The summed E-state index contributed by atoms with van der Waals surface area (Å²) >= 11 is 0. The largest absolute Gasteiger partial charge is 0.339 e. The Labute approximate surface area is 169 Å². The van der Waals surface area contributed by atoms with Crippen molar-refractivity contribution < 1.29 is 13.7 Å². The number of nitrogens with zero attached hydrogens (tertiary/aromatic N) is 4. The van der Waals surface area contributed by atoms with Gasteiger partial charge in [-0.3, -0.25) is 9.78 Å². The standard InChI is InChI=1S/C22H25FN4O2/c1-22(2,3)21-25-19(29-26-21)8-6-9-20(28)27(15-17-7-4-5-14-24-17)18-12-10-16(23)11-13-18/h4-5,7,10-14H,6,8-9,15H2,1-3H3. The molecule has 0 bridgehead atoms. The summed E-state index contributed by atoms with van der Waals surface area (Å²) in [5.41, 5.74) is 1.21. The number of aryl methyl sites for hydroxylation is 1. The van der Waals surface area contributed by atoms with Crippen LogP contribution >= 0.6 is 0 Å². The molecule has 0 aliphatic rings. The van der Waals surface area contributed by atoms with Crippen LogP contribution in [0.2, 0.25) is 0 Å². The van der Waals surface area contributed by atoms with E-state index in [0.717, 1.165) is 5.69 Å². The first-order chi connectivity index (χ1) is 13.8. The normalized spacial score (nSPS) is 11.4. The number of anilines is 1. The molecule has 1 amide bonds. The maximum Gasteiger partial charge on any atom is 0.227 e. The van der Waals surface area contributed by atoms with Crippen LogP contribution in [-0.4, -0.2) is 21.0 Å². The fourth-order valence-electron chi connectivity index (χ4n) is 2.78. The van der Waals surface area contributed by atoms with Gasteiger partial charge >= 0.3 is 0 Å². The molecule has 0 unspecified atom stereocenters. The number of carbonyl (C=O) groups excluding carboxylic acids is 1. The van der Waals surface area contributed by atoms with E-state index in [1.807, 2.05) is 39.0 Å². The van der Waals surface area contributed by atoms with Crippen molar-refractivity contribution in [2.45, 2.75) is 52.0 Å². The third-order valence-electron chi connectivity index (χ3n) is 4.41. The number of amides is 1. The van der Waals surface area contributed by atoms with Crippen LogP contribution in [-0.2, 0) is 23.2 Å². The Kier molecular flexibility index (Phi) is 6.36. The smallest absolute Gasteiger partial charge is 0.227 e. The van der Waals surface area contributed by atoms with Crippen LogP contribution in [0.25, 0.3) is 0 Å². The van der Waals surface area contributed by atoms with Gasteiger partial charge in [0.1, 0.15) is 5.82 Å². The maximum atomic E-state index is 13.3. The fraction of sp³-hybridized carbons (Fsp3) is 0.364. The van der Waals surface area contributed by atoms with Gasteiger partial charge in [0, 0.05) is 30.1 Å². The van der Waals surface area contributed by atoms with Crippen molar-refractivity contribution in [3.05, 3.63) is 71.9 Å². The molecule has 0 saturated heterocycles. The number of hydrogen-bond acceptors (Lipinski definition) is 5. The molecular weight excluding hydrogens is 371 g/mol. The second kappa shape index (κ2) is 8.94. The highest BCUT2D eigenvalue weighted by molar-refractivity contribution is 5.93. The van der Waals surface area contributed by atoms with Gasteiger partial charge in [0.05, 0.1) is 12.2 Å². The molecule has 2 aromatic heterocycles. The van der Waals surface area contributed by atoms with Crippen molar-refractivity contribution in [2.24, 2.45) is 0 Å². The monoisotopic (exact) mass is 396 g/mol. The lowest BCUT2D eigenvalue weighted by molar-refractivity contribution is -0.118. The van der Waals surface area contributed by atoms with E-state index in [-0.39, 0.29) is 17.1 Å². The van der Waals surface area contributed by atoms with E-state index >= 15 is 0 Å². The summed E-state index contributed by atoms with van der Waals surface area (Å²) in [7, 11) is 0. The van der Waals surface area contributed by atoms with Crippen LogP contribution in [0.4, 0.5) is 10.1 Å². The highest BCUT2D eigenvalue weighted by atomic mass is 19.1. The van der Waals surface area contributed by atoms with Crippen molar-refractivity contribution >= 4 is 11.6 Å². The zero-order valence-electron chi connectivity index (χ0n) is 16.9. The van der Waals surface area contributed by atoms with Gasteiger partial charge < -0.3 is 9.42 Å². The Bertz CT molecular complexity index is 933. The predicted octanol–water partition coefficient (Wildman–Crippen LogP) is 4.46. The molecule has 6 nitrogen and oxygen atoms in total. The van der Waals surface area contributed by atoms with E-state index in [2.05, 4.69) is 15.1 Å². The Morgan fingerprint density at radius 1 is 1.14 bits per heavy atom. The number of rotatable bonds is 7. The van der Waals surface area contributed by atoms with E-state index < -0.39 is 0 Å². The Morgan fingerprint density at radius 2 is 1.90 bits per heavy atom. The van der Waals surface area contributed by atoms with Crippen LogP contribution in [0, 0.1) is 5.82 Å². The third kappa shape index (κ3) is 5.70. The minimum Gasteiger partial charge on any atom is -0.339 e. The van der Waals surface area contributed by atoms with Crippen LogP contribution in [0.1, 0.15) is 51.0 Å². The summed E-state index contributed by atoms with van der Waals surface area (Å²) in [4.78, 5) is 23.2. The third-order valence-corrected chi connectivity index (χ3v) is 4.41. The van der Waals surface area contributed by atoms with Crippen molar-refractivity contribution in [1.82, 2.24) is 15.1 Å². The minimum atomic E-state index is -0.343. The average Bonchev–Trinajstić information content (AvgIpc) is 3.17. The molecule has 3 aromatic rings. The lowest BCUT2D eigenvalue weighted by Gasteiger charge is -2.22. The van der Waals surface area contributed by atoms with E-state index in [9.17, 15) is 9.18 Å². The fourth-order valence-corrected chi connectivity index (χ4v) is 2.78. The van der Waals surface area contributed by atoms with Gasteiger partial charge in [0.25, 0.3) is 0 Å². The number of halogens is 1. The van der Waals surface area contributed by atoms with Crippen LogP contribution < -0.4 is 4.90 Å². The van der Waals surface area contributed by atoms with Gasteiger partial charge in [-0.15, -0.1) is 0 Å². The number of hydrogen-bond donors (Lipinski definition) is 0. The minimum absolute atomic E-state index is 0.0715. The molecule has 29 heavy (non-hydrogen) atoms. The Balaban J connectivity index is 1.66. The summed E-state index contributed by atoms with van der Waals surface area (Å²) in [6.07, 6.45) is 3.09. The van der Waals surface area contributed by atoms with Gasteiger partial charge in [0.2, 0.25) is 11.8 Å². The molecule has 0 saturated carbocycles. The first-order valence-electron chi connectivity index (χ1n) is 9.62. The Hall–Kier alpha value is -3.09. The molecule has 1 aromatic carbocycles. The second-order valence-electron chi connectivity index (χ2n) is 7.89. The van der Waals surface area contributed by atoms with Gasteiger partial charge in [-0.25, -0.2) is 4.39 Å². The topological polar surface area (TPSA) is 72.1 Å². The molecule has 7 heteroatoms. The summed E-state index contributed by atoms with van der Waals surface area (Å²) in [5.74, 6) is 0.769. The summed E-state index contributed by atoms with van der Waals surface area (Å²) < 4.78 is 18.6. The van der Waals surface area contributed by atoms with E-state index in [1.54, 1.807) is 23.2 Å². The van der Waals surface area contributed by atoms with Crippen LogP contribution in [0.5, 0.6) is 0 Å². The predicted molar refractivity (Wildman–Crippen MR) is 108 cm³/mol. The van der Waals surface area contributed by atoms with Crippen molar-refractivity contribution in [1.29, 1.82) is 0 Å². The first-order valence-corrected chi connectivity index (χ1v) is 9.62. The van der Waals surface area contributed by atoms with Gasteiger partial charge in [-0.05, 0) is 42.8 Å². The second-order valence-corrected chi connectivity index (χ2v) is 7.89. The average molecular weight is 396 g/mol. The lowest BCUT2D eigenvalue weighted by atomic mass is 9.96. The molecule has 152 valence electrons. The zero-order chi connectivity index (χ0) is 20.9. The summed E-state index contributed by atoms with van der Waals surface area (Å²) in [6.45, 7) is 6.37. The van der Waals surface area contributed by atoms with Crippen molar-refractivity contribution in [3.8, 4) is 0 Å². The molecule has 0 fully saturated rings. The van der Waals surface area contributed by atoms with Gasteiger partial charge in [0.15, 0.2) is 5.82 Å². The van der Waals surface area contributed by atoms with Crippen molar-refractivity contribution in [2.75, 3.05) is 4.90 Å². The van der Waals surface area contributed by atoms with E-state index in [4.69, 9.17) is 4.52 Å². The highest BCUT2D eigenvalue weighted by Gasteiger charge is 2.21. The van der Waals surface area contributed by atoms with E-state index in [1.165, 1.54) is 12.1 Å². The zero-order valence-corrected chi connectivity index (χ0v) is 16.9. The highest BCUT2D eigenvalue weighted by Crippen LogP contribution is 2.21. The summed E-state index contributed by atoms with van der Waals surface area (Å²) in [6, 6.07) is 11.5. The lowest BCUT2D eigenvalue weighted by Crippen LogP contribution is -2.30. The van der Waals surface area contributed by atoms with Crippen LogP contribution in [0.3, 0.4) is 0 Å². The molecule has 0 spiro atoms. The molecule has 0 aliphatic heterocycles. The molecular formula is C22H25FN4O2. The molecule has 0 N–H and O–H groups in total. The number of pyridine rings is 1. The molecule has 0 atom stereocenters. The number of carbonyl (C=O) groups is 1.